The Hall–Kier alpha value is -3.52. The van der Waals surface area contributed by atoms with Gasteiger partial charge in [0.2, 0.25) is 0 Å². The largest absolute Gasteiger partial charge is 0.482 e. The van der Waals surface area contributed by atoms with Gasteiger partial charge in [0, 0.05) is 16.6 Å². The predicted molar refractivity (Wildman–Crippen MR) is 111 cm³/mol. The number of carbonyl (C=O) groups is 2. The molecule has 3 rings (SSSR count). The van der Waals surface area contributed by atoms with Gasteiger partial charge >= 0.3 is 5.97 Å². The van der Waals surface area contributed by atoms with Crippen LogP contribution >= 0.6 is 11.3 Å². The minimum atomic E-state index is -1.14. The molecule has 144 valence electrons. The number of nitrogens with two attached hydrogens (primary N) is 2. The Labute approximate surface area is 165 Å². The molecule has 0 unspecified atom stereocenters. The van der Waals surface area contributed by atoms with Crippen molar-refractivity contribution in [2.45, 2.75) is 6.92 Å². The van der Waals surface area contributed by atoms with Gasteiger partial charge in [-0.25, -0.2) is 4.79 Å². The molecule has 7 nitrogen and oxygen atoms in total. The third kappa shape index (κ3) is 4.07. The fourth-order valence-corrected chi connectivity index (χ4v) is 3.58. The zero-order chi connectivity index (χ0) is 20.3. The van der Waals surface area contributed by atoms with Crippen molar-refractivity contribution in [1.29, 1.82) is 0 Å². The van der Waals surface area contributed by atoms with Gasteiger partial charge in [0.1, 0.15) is 16.3 Å². The normalized spacial score (nSPS) is 10.5. The Bertz CT molecular complexity index is 1050. The Morgan fingerprint density at radius 3 is 2.57 bits per heavy atom. The van der Waals surface area contributed by atoms with Crippen molar-refractivity contribution in [2.24, 2.45) is 0 Å². The highest BCUT2D eigenvalue weighted by Gasteiger charge is 2.21. The molecule has 0 saturated carbocycles. The lowest BCUT2D eigenvalue weighted by atomic mass is 10.0. The third-order valence-electron chi connectivity index (χ3n) is 4.13. The lowest BCUT2D eigenvalue weighted by Crippen LogP contribution is -2.21. The zero-order valence-electron chi connectivity index (χ0n) is 15.1. The van der Waals surface area contributed by atoms with Crippen molar-refractivity contribution in [2.75, 3.05) is 23.4 Å². The van der Waals surface area contributed by atoms with Crippen molar-refractivity contribution in [3.05, 3.63) is 59.0 Å². The molecule has 2 aromatic carbocycles. The zero-order valence-corrected chi connectivity index (χ0v) is 15.9. The smallest absolute Gasteiger partial charge is 0.339 e. The molecule has 0 radical (unpaired) electrons. The molecule has 0 spiro atoms. The van der Waals surface area contributed by atoms with Gasteiger partial charge in [-0.05, 0) is 36.2 Å². The minimum absolute atomic E-state index is 0.0147. The Morgan fingerprint density at radius 2 is 1.89 bits per heavy atom. The number of amides is 1. The van der Waals surface area contributed by atoms with E-state index in [1.165, 1.54) is 0 Å². The van der Waals surface area contributed by atoms with Gasteiger partial charge in [-0.15, -0.1) is 11.3 Å². The summed E-state index contributed by atoms with van der Waals surface area (Å²) in [6.45, 7) is 1.58. The molecule has 3 aromatic rings. The van der Waals surface area contributed by atoms with Crippen LogP contribution in [-0.4, -0.2) is 23.6 Å². The summed E-state index contributed by atoms with van der Waals surface area (Å²) in [4.78, 5) is 24.0. The summed E-state index contributed by atoms with van der Waals surface area (Å²) < 4.78 is 5.40. The molecule has 0 atom stereocenters. The van der Waals surface area contributed by atoms with Crippen LogP contribution in [0.15, 0.2) is 47.8 Å². The number of aryl methyl sites for hydroxylation is 1. The van der Waals surface area contributed by atoms with E-state index in [2.05, 4.69) is 5.32 Å². The first-order chi connectivity index (χ1) is 13.4. The number of carboxylic acid groups (broad SMARTS) is 1. The van der Waals surface area contributed by atoms with Gasteiger partial charge in [-0.3, -0.25) is 4.79 Å². The highest BCUT2D eigenvalue weighted by atomic mass is 32.1. The average Bonchev–Trinajstić information content (AvgIpc) is 3.07. The van der Waals surface area contributed by atoms with Gasteiger partial charge in [-0.2, -0.15) is 0 Å². The van der Waals surface area contributed by atoms with Gasteiger partial charge in [0.05, 0.1) is 5.69 Å². The molecule has 1 aromatic heterocycles. The number of benzene rings is 2. The summed E-state index contributed by atoms with van der Waals surface area (Å²) in [5, 5.41) is 14.2. The molecular weight excluding hydrogens is 378 g/mol. The summed E-state index contributed by atoms with van der Waals surface area (Å²) in [5.41, 5.74) is 14.8. The van der Waals surface area contributed by atoms with Crippen LogP contribution in [0.2, 0.25) is 0 Å². The fourth-order valence-electron chi connectivity index (χ4n) is 2.60. The van der Waals surface area contributed by atoms with E-state index in [4.69, 9.17) is 16.2 Å². The average molecular weight is 397 g/mol. The van der Waals surface area contributed by atoms with Crippen molar-refractivity contribution >= 4 is 39.6 Å². The number of thiophene rings is 1. The first-order valence-electron chi connectivity index (χ1n) is 8.35. The molecule has 0 bridgehead atoms. The topological polar surface area (TPSA) is 128 Å². The second kappa shape index (κ2) is 8.01. The van der Waals surface area contributed by atoms with E-state index in [0.717, 1.165) is 16.9 Å². The maximum absolute atomic E-state index is 12.2. The monoisotopic (exact) mass is 397 g/mol. The van der Waals surface area contributed by atoms with Crippen LogP contribution in [0.3, 0.4) is 0 Å². The molecule has 28 heavy (non-hydrogen) atoms. The Balaban J connectivity index is 1.79. The van der Waals surface area contributed by atoms with Crippen molar-refractivity contribution in [3.8, 4) is 16.9 Å². The quantitative estimate of drug-likeness (QED) is 0.471. The van der Waals surface area contributed by atoms with E-state index in [-0.39, 0.29) is 17.2 Å². The molecular formula is C20H19N3O4S. The molecule has 6 N–H and O–H groups in total. The van der Waals surface area contributed by atoms with Crippen LogP contribution in [0.5, 0.6) is 5.75 Å². The number of anilines is 3. The number of hydrogen-bond donors (Lipinski definition) is 4. The molecule has 1 amide bonds. The molecule has 0 aliphatic heterocycles. The number of aromatic carboxylic acids is 1. The molecule has 0 aliphatic rings. The van der Waals surface area contributed by atoms with Crippen LogP contribution in [0, 0.1) is 6.92 Å². The van der Waals surface area contributed by atoms with E-state index in [9.17, 15) is 14.7 Å². The summed E-state index contributed by atoms with van der Waals surface area (Å²) in [6.07, 6.45) is 0. The van der Waals surface area contributed by atoms with Gasteiger partial charge in [0.15, 0.2) is 6.61 Å². The van der Waals surface area contributed by atoms with Crippen LogP contribution in [-0.2, 0) is 4.79 Å². The predicted octanol–water partition coefficient (Wildman–Crippen LogP) is 3.60. The number of nitrogen functional groups attached to an aromatic ring is 2. The van der Waals surface area contributed by atoms with Crippen LogP contribution in [0.1, 0.15) is 15.9 Å². The first-order valence-corrected chi connectivity index (χ1v) is 9.23. The molecule has 8 heteroatoms. The highest BCUT2D eigenvalue weighted by Crippen LogP contribution is 2.36. The van der Waals surface area contributed by atoms with E-state index in [1.54, 1.807) is 41.8 Å². The number of ether oxygens (including phenoxy) is 1. The number of carbonyl (C=O) groups excluding carboxylic acids is 1. The number of carboxylic acids is 1. The van der Waals surface area contributed by atoms with E-state index in [0.29, 0.717) is 28.3 Å². The van der Waals surface area contributed by atoms with Crippen LogP contribution in [0.4, 0.5) is 16.4 Å². The summed E-state index contributed by atoms with van der Waals surface area (Å²) in [7, 11) is 0. The van der Waals surface area contributed by atoms with E-state index < -0.39 is 11.9 Å². The number of hydrogen-bond acceptors (Lipinski definition) is 6. The summed E-state index contributed by atoms with van der Waals surface area (Å²) in [5.74, 6) is -1.24. The maximum atomic E-state index is 12.2. The standard InChI is InChI=1S/C20H19N3O4S/c1-11-6-7-12(8-15(11)22)13-10-28-19(18(13)20(25)26)23-17(24)9-27-16-5-3-2-4-14(16)21/h2-8,10H,9,21-22H2,1H3,(H,23,24)(H,25,26). The molecule has 0 fully saturated rings. The van der Waals surface area contributed by atoms with Crippen LogP contribution in [0.25, 0.3) is 11.1 Å². The van der Waals surface area contributed by atoms with E-state index in [1.807, 2.05) is 13.0 Å². The maximum Gasteiger partial charge on any atom is 0.339 e. The number of para-hydroxylation sites is 2. The van der Waals surface area contributed by atoms with E-state index >= 15 is 0 Å². The Morgan fingerprint density at radius 1 is 1.14 bits per heavy atom. The third-order valence-corrected chi connectivity index (χ3v) is 5.02. The minimum Gasteiger partial charge on any atom is -0.482 e. The van der Waals surface area contributed by atoms with Crippen molar-refractivity contribution < 1.29 is 19.4 Å². The van der Waals surface area contributed by atoms with Gasteiger partial charge in [0.25, 0.3) is 5.91 Å². The summed E-state index contributed by atoms with van der Waals surface area (Å²) >= 11 is 1.13. The van der Waals surface area contributed by atoms with Crippen LogP contribution < -0.4 is 21.5 Å². The van der Waals surface area contributed by atoms with Crippen molar-refractivity contribution in [3.63, 3.8) is 0 Å². The Kier molecular flexibility index (Phi) is 5.51. The summed E-state index contributed by atoms with van der Waals surface area (Å²) in [6, 6.07) is 12.1. The second-order valence-corrected chi connectivity index (χ2v) is 6.98. The molecule has 0 saturated heterocycles. The number of nitrogens with one attached hydrogen (secondary N) is 1. The molecule has 1 heterocycles. The lowest BCUT2D eigenvalue weighted by molar-refractivity contribution is -0.118. The second-order valence-electron chi connectivity index (χ2n) is 6.10. The SMILES string of the molecule is Cc1ccc(-c2csc(NC(=O)COc3ccccc3N)c2C(=O)O)cc1N. The lowest BCUT2D eigenvalue weighted by Gasteiger charge is -2.09. The number of rotatable bonds is 6. The van der Waals surface area contributed by atoms with Gasteiger partial charge in [-0.1, -0.05) is 24.3 Å². The van der Waals surface area contributed by atoms with Crippen molar-refractivity contribution in [1.82, 2.24) is 0 Å². The molecule has 0 aliphatic carbocycles. The first kappa shape index (κ1) is 19.2. The highest BCUT2D eigenvalue weighted by molar-refractivity contribution is 7.15. The fraction of sp³-hybridized carbons (Fsp3) is 0.100. The van der Waals surface area contributed by atoms with Gasteiger partial charge < -0.3 is 26.6 Å².